The summed E-state index contributed by atoms with van der Waals surface area (Å²) < 4.78 is 0. The molecule has 0 aliphatic rings. The molecule has 0 aliphatic carbocycles. The second-order valence-electron chi connectivity index (χ2n) is 7.91. The molecule has 3 aromatic rings. The molecule has 0 spiro atoms. The van der Waals surface area contributed by atoms with Crippen LogP contribution >= 0.6 is 0 Å². The highest BCUT2D eigenvalue weighted by Crippen LogP contribution is 2.18. The van der Waals surface area contributed by atoms with Crippen molar-refractivity contribution in [2.75, 3.05) is 12.1 Å². The van der Waals surface area contributed by atoms with Gasteiger partial charge in [-0.2, -0.15) is 0 Å². The summed E-state index contributed by atoms with van der Waals surface area (Å²) in [5, 5.41) is 21.4. The van der Waals surface area contributed by atoms with Crippen molar-refractivity contribution in [3.8, 4) is 0 Å². The summed E-state index contributed by atoms with van der Waals surface area (Å²) in [5.41, 5.74) is 6.82. The molecule has 0 saturated heterocycles. The van der Waals surface area contributed by atoms with E-state index in [1.807, 2.05) is 31.2 Å². The van der Waals surface area contributed by atoms with Crippen LogP contribution < -0.4 is 10.8 Å². The monoisotopic (exact) mass is 462 g/mol. The highest BCUT2D eigenvalue weighted by Gasteiger charge is 2.16. The fourth-order valence-corrected chi connectivity index (χ4v) is 3.36. The molecule has 1 amide bonds. The maximum Gasteiger partial charge on any atom is 0.337 e. The van der Waals surface area contributed by atoms with Crippen LogP contribution in [0, 0.1) is 13.8 Å². The lowest BCUT2D eigenvalue weighted by Crippen LogP contribution is -2.25. The Morgan fingerprint density at radius 2 is 1.35 bits per heavy atom. The molecule has 0 saturated carbocycles. The Kier molecular flexibility index (Phi) is 8.00. The number of aromatic carboxylic acids is 2. The van der Waals surface area contributed by atoms with Crippen molar-refractivity contribution in [3.63, 3.8) is 0 Å². The number of hydrogen-bond acceptors (Lipinski definition) is 5. The number of carboxylic acid groups (broad SMARTS) is 2. The lowest BCUT2D eigenvalue weighted by molar-refractivity contribution is 0.0683. The first-order valence-corrected chi connectivity index (χ1v) is 10.7. The summed E-state index contributed by atoms with van der Waals surface area (Å²) in [7, 11) is 0. The molecular formula is C26H26N2O6. The molecule has 34 heavy (non-hydrogen) atoms. The van der Waals surface area contributed by atoms with Gasteiger partial charge in [0, 0.05) is 6.54 Å². The van der Waals surface area contributed by atoms with E-state index in [2.05, 4.69) is 10.8 Å². The molecule has 0 aromatic heterocycles. The van der Waals surface area contributed by atoms with Crippen LogP contribution in [0.15, 0.2) is 60.7 Å². The Bertz CT molecular complexity index is 1200. The fraction of sp³-hybridized carbons (Fsp3) is 0.192. The van der Waals surface area contributed by atoms with Gasteiger partial charge in [0.05, 0.1) is 29.0 Å². The molecule has 0 bridgehead atoms. The van der Waals surface area contributed by atoms with E-state index in [0.717, 1.165) is 22.3 Å². The fourth-order valence-electron chi connectivity index (χ4n) is 3.36. The van der Waals surface area contributed by atoms with Gasteiger partial charge < -0.3 is 15.5 Å². The van der Waals surface area contributed by atoms with Gasteiger partial charge in [0.2, 0.25) is 0 Å². The molecule has 3 rings (SSSR count). The molecule has 4 N–H and O–H groups in total. The molecule has 8 nitrogen and oxygen atoms in total. The Labute approximate surface area is 197 Å². The Hall–Kier alpha value is -4.17. The summed E-state index contributed by atoms with van der Waals surface area (Å²) in [4.78, 5) is 40.7. The van der Waals surface area contributed by atoms with E-state index >= 15 is 0 Å². The van der Waals surface area contributed by atoms with Crippen molar-refractivity contribution in [1.82, 2.24) is 5.32 Å². The largest absolute Gasteiger partial charge is 0.478 e. The second kappa shape index (κ2) is 11.1. The van der Waals surface area contributed by atoms with E-state index in [-0.39, 0.29) is 23.2 Å². The van der Waals surface area contributed by atoms with Gasteiger partial charge in [-0.25, -0.2) is 9.59 Å². The lowest BCUT2D eigenvalue weighted by Gasteiger charge is -2.11. The van der Waals surface area contributed by atoms with Crippen LogP contribution in [0.2, 0.25) is 0 Å². The molecule has 3 aromatic carbocycles. The number of aryl methyl sites for hydroxylation is 2. The quantitative estimate of drug-likeness (QED) is 0.263. The summed E-state index contributed by atoms with van der Waals surface area (Å²) in [6, 6.07) is 17.3. The molecular weight excluding hydrogens is 436 g/mol. The summed E-state index contributed by atoms with van der Waals surface area (Å²) in [5.74, 6) is -2.62. The normalized spacial score (nSPS) is 10.5. The van der Waals surface area contributed by atoms with Gasteiger partial charge in [0.15, 0.2) is 0 Å². The molecule has 0 heterocycles. The Morgan fingerprint density at radius 1 is 0.765 bits per heavy atom. The van der Waals surface area contributed by atoms with Crippen LogP contribution in [-0.2, 0) is 17.8 Å². The molecule has 0 aliphatic heterocycles. The summed E-state index contributed by atoms with van der Waals surface area (Å²) >= 11 is 0. The molecule has 0 atom stereocenters. The van der Waals surface area contributed by atoms with Gasteiger partial charge in [0.1, 0.15) is 0 Å². The van der Waals surface area contributed by atoms with Crippen LogP contribution in [0.3, 0.4) is 0 Å². The summed E-state index contributed by atoms with van der Waals surface area (Å²) in [6.45, 7) is 4.18. The first-order chi connectivity index (χ1) is 16.2. The number of carboxylic acids is 2. The van der Waals surface area contributed by atoms with Crippen molar-refractivity contribution >= 4 is 23.5 Å². The van der Waals surface area contributed by atoms with Crippen molar-refractivity contribution in [3.05, 3.63) is 99.6 Å². The number of nitrogens with one attached hydrogen (secondary N) is 2. The molecule has 0 radical (unpaired) electrons. The van der Waals surface area contributed by atoms with E-state index in [1.165, 1.54) is 12.1 Å². The highest BCUT2D eigenvalue weighted by atomic mass is 16.6. The SMILES string of the molecule is Cc1ccc(NOCCc2ccc(CNC(=O)c3ccc(C)cc3C(=O)O)cc2)c(C(=O)O)c1. The number of benzene rings is 3. The van der Waals surface area contributed by atoms with E-state index < -0.39 is 17.8 Å². The molecule has 0 unspecified atom stereocenters. The van der Waals surface area contributed by atoms with E-state index in [9.17, 15) is 24.6 Å². The zero-order valence-electron chi connectivity index (χ0n) is 18.9. The molecule has 176 valence electrons. The minimum Gasteiger partial charge on any atom is -0.478 e. The van der Waals surface area contributed by atoms with Gasteiger partial charge in [0.25, 0.3) is 5.91 Å². The maximum atomic E-state index is 12.5. The number of rotatable bonds is 10. The van der Waals surface area contributed by atoms with Crippen LogP contribution in [0.1, 0.15) is 53.3 Å². The highest BCUT2D eigenvalue weighted by molar-refractivity contribution is 6.04. The summed E-state index contributed by atoms with van der Waals surface area (Å²) in [6.07, 6.45) is 0.596. The number of amides is 1. The lowest BCUT2D eigenvalue weighted by atomic mass is 10.0. The average Bonchev–Trinajstić information content (AvgIpc) is 2.81. The second-order valence-corrected chi connectivity index (χ2v) is 7.91. The Balaban J connectivity index is 1.49. The molecule has 0 fully saturated rings. The van der Waals surface area contributed by atoms with Gasteiger partial charge >= 0.3 is 11.9 Å². The van der Waals surface area contributed by atoms with Crippen LogP contribution in [0.5, 0.6) is 0 Å². The van der Waals surface area contributed by atoms with Crippen molar-refractivity contribution < 1.29 is 29.4 Å². The third-order valence-electron chi connectivity index (χ3n) is 5.21. The number of carbonyl (C=O) groups is 3. The standard InChI is InChI=1S/C26H26N2O6/c1-16-3-9-20(21(13-16)25(30)31)24(29)27-15-19-7-5-18(6-8-19)11-12-34-28-23-10-4-17(2)14-22(23)26(32)33/h3-10,13-14,28H,11-12,15H2,1-2H3,(H,27,29)(H,30,31)(H,32,33). The predicted octanol–water partition coefficient (Wildman–Crippen LogP) is 4.22. The maximum absolute atomic E-state index is 12.5. The van der Waals surface area contributed by atoms with Gasteiger partial charge in [-0.3, -0.25) is 15.1 Å². The zero-order valence-corrected chi connectivity index (χ0v) is 18.9. The van der Waals surface area contributed by atoms with E-state index in [0.29, 0.717) is 18.7 Å². The minimum atomic E-state index is -1.14. The third kappa shape index (κ3) is 6.43. The topological polar surface area (TPSA) is 125 Å². The van der Waals surface area contributed by atoms with Crippen molar-refractivity contribution in [1.29, 1.82) is 0 Å². The van der Waals surface area contributed by atoms with E-state index in [1.54, 1.807) is 31.2 Å². The van der Waals surface area contributed by atoms with Crippen LogP contribution in [0.4, 0.5) is 5.69 Å². The van der Waals surface area contributed by atoms with Crippen LogP contribution in [0.25, 0.3) is 0 Å². The third-order valence-corrected chi connectivity index (χ3v) is 5.21. The number of anilines is 1. The van der Waals surface area contributed by atoms with Gasteiger partial charge in [-0.05, 0) is 55.7 Å². The number of hydrogen-bond donors (Lipinski definition) is 4. The average molecular weight is 463 g/mol. The van der Waals surface area contributed by atoms with E-state index in [4.69, 9.17) is 4.84 Å². The Morgan fingerprint density at radius 3 is 2.00 bits per heavy atom. The van der Waals surface area contributed by atoms with Gasteiger partial charge in [-0.15, -0.1) is 0 Å². The smallest absolute Gasteiger partial charge is 0.337 e. The first kappa shape index (κ1) is 24.5. The minimum absolute atomic E-state index is 0.0254. The van der Waals surface area contributed by atoms with Crippen molar-refractivity contribution in [2.24, 2.45) is 0 Å². The predicted molar refractivity (Wildman–Crippen MR) is 127 cm³/mol. The first-order valence-electron chi connectivity index (χ1n) is 10.7. The van der Waals surface area contributed by atoms with Crippen LogP contribution in [-0.4, -0.2) is 34.7 Å². The van der Waals surface area contributed by atoms with Crippen molar-refractivity contribution in [2.45, 2.75) is 26.8 Å². The van der Waals surface area contributed by atoms with Gasteiger partial charge in [-0.1, -0.05) is 47.5 Å². The number of carbonyl (C=O) groups excluding carboxylic acids is 1. The zero-order chi connectivity index (χ0) is 24.7. The molecule has 8 heteroatoms.